The lowest BCUT2D eigenvalue weighted by Gasteiger charge is -2.41. The number of hydrogen-bond acceptors (Lipinski definition) is 4. The average molecular weight is 467 g/mol. The van der Waals surface area contributed by atoms with Gasteiger partial charge in [-0.15, -0.1) is 0 Å². The number of rotatable bonds is 4. The Morgan fingerprint density at radius 3 is 2.30 bits per heavy atom. The highest BCUT2D eigenvalue weighted by Gasteiger charge is 2.38. The summed E-state index contributed by atoms with van der Waals surface area (Å²) in [6, 6.07) is 11.7. The molecular formula is C22H22Cl3N3O2. The average Bonchev–Trinajstić information content (AvgIpc) is 3.08. The van der Waals surface area contributed by atoms with E-state index in [9.17, 15) is 4.79 Å². The molecule has 0 saturated carbocycles. The standard InChI is InChI=1S/C22H22Cl3N3O2/c1-22(15-8-17(23)20(25)18(24)9-15)10-19(26-30-22)13-4-6-16(7-5-13)28-11-14(12-28)21(29)27(2)3/h4-9,14H,10-12H2,1-3H3. The number of benzene rings is 2. The van der Waals surface area contributed by atoms with Gasteiger partial charge in [0, 0.05) is 44.9 Å². The normalized spacial score (nSPS) is 21.1. The first-order valence-electron chi connectivity index (χ1n) is 9.64. The molecule has 0 spiro atoms. The van der Waals surface area contributed by atoms with Gasteiger partial charge in [0.05, 0.1) is 26.7 Å². The molecule has 2 aliphatic rings. The van der Waals surface area contributed by atoms with Crippen molar-refractivity contribution >= 4 is 52.1 Å². The molecule has 2 aromatic carbocycles. The van der Waals surface area contributed by atoms with Crippen molar-refractivity contribution in [3.63, 3.8) is 0 Å². The monoisotopic (exact) mass is 465 g/mol. The summed E-state index contributed by atoms with van der Waals surface area (Å²) in [4.78, 5) is 21.7. The van der Waals surface area contributed by atoms with Gasteiger partial charge >= 0.3 is 0 Å². The molecule has 1 atom stereocenters. The fourth-order valence-electron chi connectivity index (χ4n) is 3.79. The van der Waals surface area contributed by atoms with Crippen LogP contribution in [0.25, 0.3) is 0 Å². The van der Waals surface area contributed by atoms with Crippen molar-refractivity contribution < 1.29 is 9.63 Å². The third-order valence-electron chi connectivity index (χ3n) is 5.69. The van der Waals surface area contributed by atoms with E-state index in [0.717, 1.165) is 35.6 Å². The molecule has 0 aromatic heterocycles. The van der Waals surface area contributed by atoms with Gasteiger partial charge in [-0.1, -0.05) is 52.1 Å². The van der Waals surface area contributed by atoms with Gasteiger partial charge in [-0.3, -0.25) is 4.79 Å². The van der Waals surface area contributed by atoms with Gasteiger partial charge in [-0.25, -0.2) is 0 Å². The van der Waals surface area contributed by atoms with E-state index in [1.165, 1.54) is 0 Å². The molecule has 0 aliphatic carbocycles. The SMILES string of the molecule is CN(C)C(=O)C1CN(c2ccc(C3=NOC(C)(c4cc(Cl)c(Cl)c(Cl)c4)C3)cc2)C1. The van der Waals surface area contributed by atoms with E-state index in [0.29, 0.717) is 21.5 Å². The van der Waals surface area contributed by atoms with Crippen LogP contribution in [-0.4, -0.2) is 43.7 Å². The van der Waals surface area contributed by atoms with Crippen LogP contribution >= 0.6 is 34.8 Å². The second kappa shape index (κ2) is 7.95. The predicted molar refractivity (Wildman–Crippen MR) is 122 cm³/mol. The van der Waals surface area contributed by atoms with E-state index in [2.05, 4.69) is 22.2 Å². The number of nitrogens with zero attached hydrogens (tertiary/aromatic N) is 3. The summed E-state index contributed by atoms with van der Waals surface area (Å²) < 4.78 is 0. The Bertz CT molecular complexity index is 994. The van der Waals surface area contributed by atoms with Crippen LogP contribution in [0.3, 0.4) is 0 Å². The molecule has 1 unspecified atom stereocenters. The first kappa shape index (κ1) is 21.3. The Labute approximate surface area is 191 Å². The maximum Gasteiger partial charge on any atom is 0.228 e. The molecule has 1 saturated heterocycles. The quantitative estimate of drug-likeness (QED) is 0.581. The number of carbonyl (C=O) groups excluding carboxylic acids is 1. The first-order valence-corrected chi connectivity index (χ1v) is 10.8. The molecule has 1 amide bonds. The summed E-state index contributed by atoms with van der Waals surface area (Å²) in [5.41, 5.74) is 3.11. The van der Waals surface area contributed by atoms with E-state index >= 15 is 0 Å². The van der Waals surface area contributed by atoms with Gasteiger partial charge in [0.25, 0.3) is 0 Å². The molecule has 0 N–H and O–H groups in total. The van der Waals surface area contributed by atoms with Gasteiger partial charge in [0.15, 0.2) is 5.60 Å². The Kier molecular flexibility index (Phi) is 5.64. The lowest BCUT2D eigenvalue weighted by atomic mass is 9.89. The molecule has 0 bridgehead atoms. The first-order chi connectivity index (χ1) is 14.2. The molecule has 158 valence electrons. The van der Waals surface area contributed by atoms with E-state index in [1.807, 2.05) is 19.1 Å². The molecule has 2 aliphatic heterocycles. The van der Waals surface area contributed by atoms with Crippen LogP contribution in [0.15, 0.2) is 41.6 Å². The van der Waals surface area contributed by atoms with Crippen LogP contribution in [-0.2, 0) is 15.2 Å². The third-order valence-corrected chi connectivity index (χ3v) is 6.89. The Morgan fingerprint density at radius 2 is 1.73 bits per heavy atom. The van der Waals surface area contributed by atoms with Crippen LogP contribution in [0, 0.1) is 5.92 Å². The van der Waals surface area contributed by atoms with E-state index < -0.39 is 5.60 Å². The molecule has 5 nitrogen and oxygen atoms in total. The fourth-order valence-corrected chi connectivity index (χ4v) is 4.38. The minimum atomic E-state index is -0.664. The summed E-state index contributed by atoms with van der Waals surface area (Å²) in [7, 11) is 3.59. The highest BCUT2D eigenvalue weighted by molar-refractivity contribution is 6.48. The maximum absolute atomic E-state index is 12.0. The zero-order chi connectivity index (χ0) is 21.6. The molecule has 2 heterocycles. The summed E-state index contributed by atoms with van der Waals surface area (Å²) in [5.74, 6) is 0.257. The summed E-state index contributed by atoms with van der Waals surface area (Å²) in [6.07, 6.45) is 0.587. The fraction of sp³-hybridized carbons (Fsp3) is 0.364. The Morgan fingerprint density at radius 1 is 1.13 bits per heavy atom. The zero-order valence-corrected chi connectivity index (χ0v) is 19.2. The van der Waals surface area contributed by atoms with Crippen molar-refractivity contribution in [2.75, 3.05) is 32.1 Å². The van der Waals surface area contributed by atoms with Gasteiger partial charge in [0.2, 0.25) is 5.91 Å². The van der Waals surface area contributed by atoms with Crippen LogP contribution in [0.5, 0.6) is 0 Å². The Balaban J connectivity index is 1.43. The topological polar surface area (TPSA) is 45.1 Å². The predicted octanol–water partition coefficient (Wildman–Crippen LogP) is 5.21. The minimum Gasteiger partial charge on any atom is -0.384 e. The number of hydrogen-bond donors (Lipinski definition) is 0. The number of oxime groups is 1. The van der Waals surface area contributed by atoms with Crippen molar-refractivity contribution in [3.05, 3.63) is 62.6 Å². The number of anilines is 1. The molecule has 4 rings (SSSR count). The largest absolute Gasteiger partial charge is 0.384 e. The summed E-state index contributed by atoms with van der Waals surface area (Å²) >= 11 is 18.4. The number of amides is 1. The van der Waals surface area contributed by atoms with Crippen LogP contribution in [0.1, 0.15) is 24.5 Å². The highest BCUT2D eigenvalue weighted by atomic mass is 35.5. The van der Waals surface area contributed by atoms with Crippen molar-refractivity contribution in [1.82, 2.24) is 4.90 Å². The number of halogens is 3. The zero-order valence-electron chi connectivity index (χ0n) is 17.0. The Hall–Kier alpha value is -1.95. The van der Waals surface area contributed by atoms with Crippen molar-refractivity contribution in [2.24, 2.45) is 11.1 Å². The van der Waals surface area contributed by atoms with Gasteiger partial charge in [-0.05, 0) is 36.8 Å². The van der Waals surface area contributed by atoms with Crippen LogP contribution in [0.2, 0.25) is 15.1 Å². The molecule has 30 heavy (non-hydrogen) atoms. The highest BCUT2D eigenvalue weighted by Crippen LogP contribution is 2.41. The molecular weight excluding hydrogens is 445 g/mol. The smallest absolute Gasteiger partial charge is 0.228 e. The van der Waals surface area contributed by atoms with E-state index in [4.69, 9.17) is 39.6 Å². The number of carbonyl (C=O) groups is 1. The van der Waals surface area contributed by atoms with E-state index in [1.54, 1.807) is 31.1 Å². The molecule has 1 fully saturated rings. The van der Waals surface area contributed by atoms with Crippen molar-refractivity contribution in [1.29, 1.82) is 0 Å². The van der Waals surface area contributed by atoms with Crippen LogP contribution in [0.4, 0.5) is 5.69 Å². The minimum absolute atomic E-state index is 0.0750. The summed E-state index contributed by atoms with van der Waals surface area (Å²) in [5, 5.41) is 5.43. The lowest BCUT2D eigenvalue weighted by Crippen LogP contribution is -2.53. The van der Waals surface area contributed by atoms with Gasteiger partial charge in [-0.2, -0.15) is 0 Å². The molecule has 0 radical (unpaired) electrons. The second-order valence-corrected chi connectivity index (χ2v) is 9.36. The van der Waals surface area contributed by atoms with E-state index in [-0.39, 0.29) is 11.8 Å². The third kappa shape index (κ3) is 3.86. The summed E-state index contributed by atoms with van der Waals surface area (Å²) in [6.45, 7) is 3.45. The van der Waals surface area contributed by atoms with Gasteiger partial charge in [0.1, 0.15) is 0 Å². The lowest BCUT2D eigenvalue weighted by molar-refractivity contribution is -0.133. The molecule has 8 heteroatoms. The van der Waals surface area contributed by atoms with Crippen molar-refractivity contribution in [2.45, 2.75) is 18.9 Å². The van der Waals surface area contributed by atoms with Crippen LogP contribution < -0.4 is 4.90 Å². The maximum atomic E-state index is 12.0. The molecule has 2 aromatic rings. The van der Waals surface area contributed by atoms with Gasteiger partial charge < -0.3 is 14.6 Å². The van der Waals surface area contributed by atoms with Crippen molar-refractivity contribution in [3.8, 4) is 0 Å². The second-order valence-electron chi connectivity index (χ2n) is 8.17.